The van der Waals surface area contributed by atoms with Crippen LogP contribution in [0.1, 0.15) is 18.1 Å². The van der Waals surface area contributed by atoms with Gasteiger partial charge in [-0.3, -0.25) is 0 Å². The first-order valence-corrected chi connectivity index (χ1v) is 4.27. The van der Waals surface area contributed by atoms with E-state index in [2.05, 4.69) is 43.6 Å². The van der Waals surface area contributed by atoms with Crippen molar-refractivity contribution >= 4 is 5.69 Å². The molecule has 0 amide bonds. The Balaban J connectivity index is 2.43. The van der Waals surface area contributed by atoms with Gasteiger partial charge < -0.3 is 5.32 Å². The fourth-order valence-electron chi connectivity index (χ4n) is 1.56. The molecular weight excluding hydrogens is 146 g/mol. The van der Waals surface area contributed by atoms with Gasteiger partial charge in [-0.05, 0) is 31.9 Å². The average molecular weight is 159 g/mol. The molecule has 62 valence electrons. The van der Waals surface area contributed by atoms with Crippen LogP contribution >= 0.6 is 0 Å². The molecule has 0 saturated carbocycles. The second-order valence-electron chi connectivity index (χ2n) is 3.47. The lowest BCUT2D eigenvalue weighted by Crippen LogP contribution is -2.03. The third-order valence-electron chi connectivity index (χ3n) is 2.20. The molecule has 0 aliphatic carbocycles. The van der Waals surface area contributed by atoms with Crippen molar-refractivity contribution in [2.45, 2.75) is 20.3 Å². The van der Waals surface area contributed by atoms with Gasteiger partial charge in [0.2, 0.25) is 0 Å². The summed E-state index contributed by atoms with van der Waals surface area (Å²) in [5, 5.41) is 3.28. The Bertz CT molecular complexity index is 337. The summed E-state index contributed by atoms with van der Waals surface area (Å²) in [5.74, 6) is 0. The van der Waals surface area contributed by atoms with Crippen LogP contribution in [0, 0.1) is 6.92 Å². The maximum Gasteiger partial charge on any atom is 0.0415 e. The van der Waals surface area contributed by atoms with Gasteiger partial charge in [0.15, 0.2) is 0 Å². The molecule has 0 saturated heterocycles. The van der Waals surface area contributed by atoms with Gasteiger partial charge in [-0.15, -0.1) is 0 Å². The lowest BCUT2D eigenvalue weighted by Gasteiger charge is -2.16. The summed E-state index contributed by atoms with van der Waals surface area (Å²) in [7, 11) is 0. The van der Waals surface area contributed by atoms with Gasteiger partial charge in [0.25, 0.3) is 0 Å². The topological polar surface area (TPSA) is 12.0 Å². The Kier molecular flexibility index (Phi) is 1.65. The summed E-state index contributed by atoms with van der Waals surface area (Å²) in [6.07, 6.45) is 3.17. The molecule has 0 radical (unpaired) electrons. The standard InChI is InChI=1S/C11H13N/c1-8-3-4-11-10(5-8)6-9(2)7-12-11/h3-5,7,12H,6H2,1-2H3. The predicted octanol–water partition coefficient (Wildman–Crippen LogP) is 2.87. The van der Waals surface area contributed by atoms with Crippen LogP contribution in [0.4, 0.5) is 5.69 Å². The fourth-order valence-corrected chi connectivity index (χ4v) is 1.56. The highest BCUT2D eigenvalue weighted by atomic mass is 14.9. The quantitative estimate of drug-likeness (QED) is 0.613. The Hall–Kier alpha value is -1.24. The number of hydrogen-bond donors (Lipinski definition) is 1. The minimum Gasteiger partial charge on any atom is -0.361 e. The van der Waals surface area contributed by atoms with Crippen molar-refractivity contribution in [3.8, 4) is 0 Å². The van der Waals surface area contributed by atoms with E-state index in [-0.39, 0.29) is 0 Å². The van der Waals surface area contributed by atoms with Gasteiger partial charge in [-0.1, -0.05) is 23.3 Å². The molecule has 12 heavy (non-hydrogen) atoms. The highest BCUT2D eigenvalue weighted by molar-refractivity contribution is 5.58. The molecule has 1 aromatic rings. The lowest BCUT2D eigenvalue weighted by atomic mass is 10.0. The van der Waals surface area contributed by atoms with E-state index < -0.39 is 0 Å². The highest BCUT2D eigenvalue weighted by Gasteiger charge is 2.06. The summed E-state index contributed by atoms with van der Waals surface area (Å²) in [6, 6.07) is 6.53. The number of aryl methyl sites for hydroxylation is 1. The van der Waals surface area contributed by atoms with E-state index in [0.29, 0.717) is 0 Å². The number of benzene rings is 1. The van der Waals surface area contributed by atoms with E-state index in [4.69, 9.17) is 0 Å². The zero-order valence-electron chi connectivity index (χ0n) is 7.52. The number of fused-ring (bicyclic) bond motifs is 1. The normalized spacial score (nSPS) is 14.7. The summed E-state index contributed by atoms with van der Waals surface area (Å²) < 4.78 is 0. The van der Waals surface area contributed by atoms with Crippen LogP contribution in [0.25, 0.3) is 0 Å². The number of anilines is 1. The smallest absolute Gasteiger partial charge is 0.0415 e. The predicted molar refractivity (Wildman–Crippen MR) is 52.3 cm³/mol. The first kappa shape index (κ1) is 7.41. The molecular formula is C11H13N. The fraction of sp³-hybridized carbons (Fsp3) is 0.273. The largest absolute Gasteiger partial charge is 0.361 e. The zero-order chi connectivity index (χ0) is 8.55. The summed E-state index contributed by atoms with van der Waals surface area (Å²) in [6.45, 7) is 4.28. The Labute approximate surface area is 73.1 Å². The van der Waals surface area contributed by atoms with Crippen molar-refractivity contribution in [2.24, 2.45) is 0 Å². The van der Waals surface area contributed by atoms with E-state index in [1.807, 2.05) is 0 Å². The summed E-state index contributed by atoms with van der Waals surface area (Å²) in [5.41, 5.74) is 5.40. The molecule has 2 rings (SSSR count). The van der Waals surface area contributed by atoms with Gasteiger partial charge >= 0.3 is 0 Å². The maximum atomic E-state index is 3.28. The highest BCUT2D eigenvalue weighted by Crippen LogP contribution is 2.24. The molecule has 0 aromatic heterocycles. The zero-order valence-corrected chi connectivity index (χ0v) is 7.52. The third-order valence-corrected chi connectivity index (χ3v) is 2.20. The van der Waals surface area contributed by atoms with Crippen molar-refractivity contribution in [1.82, 2.24) is 0 Å². The maximum absolute atomic E-state index is 3.28. The Morgan fingerprint density at radius 2 is 2.08 bits per heavy atom. The second kappa shape index (κ2) is 2.67. The van der Waals surface area contributed by atoms with Crippen LogP contribution < -0.4 is 5.32 Å². The van der Waals surface area contributed by atoms with E-state index in [9.17, 15) is 0 Å². The van der Waals surface area contributed by atoms with Gasteiger partial charge in [-0.25, -0.2) is 0 Å². The van der Waals surface area contributed by atoms with Crippen molar-refractivity contribution in [3.63, 3.8) is 0 Å². The molecule has 0 spiro atoms. The van der Waals surface area contributed by atoms with Crippen molar-refractivity contribution in [2.75, 3.05) is 5.32 Å². The van der Waals surface area contributed by atoms with Crippen LogP contribution in [0.3, 0.4) is 0 Å². The van der Waals surface area contributed by atoms with E-state index in [1.165, 1.54) is 22.4 Å². The minimum atomic E-state index is 1.09. The second-order valence-corrected chi connectivity index (χ2v) is 3.47. The van der Waals surface area contributed by atoms with Crippen molar-refractivity contribution in [3.05, 3.63) is 41.1 Å². The average Bonchev–Trinajstić information content (AvgIpc) is 2.03. The molecule has 0 atom stereocenters. The number of allylic oxidation sites excluding steroid dienone is 1. The third kappa shape index (κ3) is 1.22. The van der Waals surface area contributed by atoms with E-state index in [0.717, 1.165) is 6.42 Å². The van der Waals surface area contributed by atoms with Gasteiger partial charge in [0.1, 0.15) is 0 Å². The van der Waals surface area contributed by atoms with Crippen LogP contribution in [0.15, 0.2) is 30.0 Å². The van der Waals surface area contributed by atoms with Gasteiger partial charge in [0, 0.05) is 11.9 Å². The summed E-state index contributed by atoms with van der Waals surface area (Å²) in [4.78, 5) is 0. The van der Waals surface area contributed by atoms with Crippen LogP contribution in [-0.4, -0.2) is 0 Å². The molecule has 0 fully saturated rings. The van der Waals surface area contributed by atoms with Crippen LogP contribution in [0.5, 0.6) is 0 Å². The van der Waals surface area contributed by atoms with Crippen molar-refractivity contribution in [1.29, 1.82) is 0 Å². The monoisotopic (exact) mass is 159 g/mol. The molecule has 1 heteroatoms. The number of hydrogen-bond acceptors (Lipinski definition) is 1. The molecule has 0 bridgehead atoms. The molecule has 1 heterocycles. The van der Waals surface area contributed by atoms with Crippen LogP contribution in [0.2, 0.25) is 0 Å². The van der Waals surface area contributed by atoms with E-state index >= 15 is 0 Å². The van der Waals surface area contributed by atoms with Gasteiger partial charge in [0.05, 0.1) is 0 Å². The molecule has 1 nitrogen and oxygen atoms in total. The number of nitrogens with one attached hydrogen (secondary N) is 1. The molecule has 1 aromatic carbocycles. The first-order chi connectivity index (χ1) is 5.75. The first-order valence-electron chi connectivity index (χ1n) is 4.27. The van der Waals surface area contributed by atoms with Crippen LogP contribution in [-0.2, 0) is 6.42 Å². The molecule has 0 unspecified atom stereocenters. The van der Waals surface area contributed by atoms with E-state index in [1.54, 1.807) is 0 Å². The molecule has 1 N–H and O–H groups in total. The van der Waals surface area contributed by atoms with Crippen molar-refractivity contribution < 1.29 is 0 Å². The molecule has 1 aliphatic rings. The van der Waals surface area contributed by atoms with Gasteiger partial charge in [-0.2, -0.15) is 0 Å². The molecule has 1 aliphatic heterocycles. The minimum absolute atomic E-state index is 1.09. The lowest BCUT2D eigenvalue weighted by molar-refractivity contribution is 1.10. The summed E-state index contributed by atoms with van der Waals surface area (Å²) >= 11 is 0. The number of rotatable bonds is 0. The SMILES string of the molecule is CC1=CNc2ccc(C)cc2C1. The Morgan fingerprint density at radius 1 is 1.25 bits per heavy atom. The Morgan fingerprint density at radius 3 is 2.92 bits per heavy atom.